The number of phosphoric ester groups is 1. The van der Waals surface area contributed by atoms with Crippen molar-refractivity contribution in [2.75, 3.05) is 20.3 Å². The summed E-state index contributed by atoms with van der Waals surface area (Å²) in [6.45, 7) is 3.84. The second-order valence-corrected chi connectivity index (χ2v) is 15.0. The van der Waals surface area contributed by atoms with Crippen molar-refractivity contribution in [1.82, 2.24) is 0 Å². The van der Waals surface area contributed by atoms with E-state index in [0.29, 0.717) is 12.8 Å². The zero-order valence-corrected chi connectivity index (χ0v) is 33.2. The van der Waals surface area contributed by atoms with Crippen LogP contribution in [-0.4, -0.2) is 43.3 Å². The normalized spacial score (nSPS) is 13.8. The van der Waals surface area contributed by atoms with Crippen LogP contribution in [0.25, 0.3) is 0 Å². The summed E-state index contributed by atoms with van der Waals surface area (Å²) in [7, 11) is -3.20. The molecule has 0 aliphatic rings. The van der Waals surface area contributed by atoms with Crippen LogP contribution >= 0.6 is 7.82 Å². The maximum atomic E-state index is 12.5. The van der Waals surface area contributed by atoms with Gasteiger partial charge in [0.05, 0.1) is 6.61 Å². The molecule has 0 spiro atoms. The predicted octanol–water partition coefficient (Wildman–Crippen LogP) is 12.4. The Morgan fingerprint density at radius 3 is 1.46 bits per heavy atom. The van der Waals surface area contributed by atoms with Crippen LogP contribution in [-0.2, 0) is 32.7 Å². The summed E-state index contributed by atoms with van der Waals surface area (Å²) in [5.41, 5.74) is 0. The van der Waals surface area contributed by atoms with Crippen molar-refractivity contribution < 1.29 is 37.6 Å². The summed E-state index contributed by atoms with van der Waals surface area (Å²) in [5.74, 6) is -0.816. The zero-order valence-electron chi connectivity index (χ0n) is 32.3. The Hall–Kier alpha value is -1.73. The first-order valence-electron chi connectivity index (χ1n) is 20.2. The van der Waals surface area contributed by atoms with Crippen molar-refractivity contribution in [3.8, 4) is 0 Å². The number of esters is 2. The molecule has 292 valence electrons. The van der Waals surface area contributed by atoms with E-state index in [1.165, 1.54) is 89.9 Å². The van der Waals surface area contributed by atoms with Crippen molar-refractivity contribution in [1.29, 1.82) is 0 Å². The molecule has 50 heavy (non-hydrogen) atoms. The molecular formula is C41H75O8P. The zero-order chi connectivity index (χ0) is 36.8. The molecule has 2 atom stereocenters. The topological polar surface area (TPSA) is 108 Å². The highest BCUT2D eigenvalue weighted by Gasteiger charge is 2.24. The van der Waals surface area contributed by atoms with Crippen molar-refractivity contribution in [2.24, 2.45) is 0 Å². The monoisotopic (exact) mass is 727 g/mol. The Labute approximate surface area is 306 Å². The van der Waals surface area contributed by atoms with E-state index in [4.69, 9.17) is 14.0 Å². The second kappa shape index (κ2) is 37.0. The number of allylic oxidation sites excluding steroid dienone is 6. The highest BCUT2D eigenvalue weighted by atomic mass is 31.2. The maximum absolute atomic E-state index is 12.5. The minimum Gasteiger partial charge on any atom is -0.462 e. The van der Waals surface area contributed by atoms with Gasteiger partial charge in [0.15, 0.2) is 6.10 Å². The molecule has 0 aliphatic carbocycles. The molecule has 0 aliphatic heterocycles. The standard InChI is InChI=1S/C41H75O8P/c1-4-6-8-10-12-14-16-18-19-20-21-22-23-24-26-28-30-32-34-36-41(43)49-39(38-48-50(44,45)46-3)37-47-40(42)35-33-31-29-27-25-17-15-13-11-9-7-5-2/h12,14,18-19,21-22,39H,4-11,13,15-17,20,23-38H2,1-3H3,(H,44,45)/b14-12-,19-18-,22-21-. The van der Waals surface area contributed by atoms with Gasteiger partial charge in [-0.2, -0.15) is 0 Å². The fourth-order valence-corrected chi connectivity index (χ4v) is 5.95. The van der Waals surface area contributed by atoms with Crippen LogP contribution in [0.15, 0.2) is 36.5 Å². The van der Waals surface area contributed by atoms with Gasteiger partial charge >= 0.3 is 19.8 Å². The summed E-state index contributed by atoms with van der Waals surface area (Å²) >= 11 is 0. The van der Waals surface area contributed by atoms with Gasteiger partial charge in [0.2, 0.25) is 0 Å². The molecule has 0 rings (SSSR count). The molecule has 8 nitrogen and oxygen atoms in total. The molecule has 0 radical (unpaired) electrons. The lowest BCUT2D eigenvalue weighted by molar-refractivity contribution is -0.161. The molecule has 0 aromatic rings. The van der Waals surface area contributed by atoms with E-state index in [1.807, 2.05) is 0 Å². The summed E-state index contributed by atoms with van der Waals surface area (Å²) in [5, 5.41) is 0. The van der Waals surface area contributed by atoms with Gasteiger partial charge in [0.1, 0.15) is 6.61 Å². The quantitative estimate of drug-likeness (QED) is 0.0292. The number of rotatable bonds is 37. The van der Waals surface area contributed by atoms with Crippen LogP contribution < -0.4 is 0 Å². The average molecular weight is 727 g/mol. The molecule has 0 heterocycles. The Morgan fingerprint density at radius 1 is 0.560 bits per heavy atom. The molecule has 0 saturated carbocycles. The third-order valence-corrected chi connectivity index (χ3v) is 9.57. The lowest BCUT2D eigenvalue weighted by Gasteiger charge is -2.19. The Bertz CT molecular complexity index is 916. The number of carbonyl (C=O) groups excluding carboxylic acids is 2. The van der Waals surface area contributed by atoms with E-state index in [9.17, 15) is 19.0 Å². The molecule has 0 aromatic carbocycles. The fourth-order valence-electron chi connectivity index (χ4n) is 5.49. The Balaban J connectivity index is 4.04. The molecule has 0 amide bonds. The van der Waals surface area contributed by atoms with E-state index < -0.39 is 26.5 Å². The predicted molar refractivity (Wildman–Crippen MR) is 207 cm³/mol. The lowest BCUT2D eigenvalue weighted by atomic mass is 10.0. The second-order valence-electron chi connectivity index (χ2n) is 13.4. The minimum atomic E-state index is -4.26. The van der Waals surface area contributed by atoms with Gasteiger partial charge in [0.25, 0.3) is 0 Å². The van der Waals surface area contributed by atoms with E-state index >= 15 is 0 Å². The van der Waals surface area contributed by atoms with Gasteiger partial charge in [-0.05, 0) is 51.4 Å². The van der Waals surface area contributed by atoms with Crippen molar-refractivity contribution in [3.05, 3.63) is 36.5 Å². The molecular weight excluding hydrogens is 651 g/mol. The van der Waals surface area contributed by atoms with Crippen LogP contribution in [0, 0.1) is 0 Å². The van der Waals surface area contributed by atoms with E-state index in [2.05, 4.69) is 54.8 Å². The Morgan fingerprint density at radius 2 is 0.960 bits per heavy atom. The summed E-state index contributed by atoms with van der Waals surface area (Å²) < 4.78 is 31.9. The Kier molecular flexibility index (Phi) is 35.8. The molecule has 0 saturated heterocycles. The van der Waals surface area contributed by atoms with Crippen LogP contribution in [0.1, 0.15) is 187 Å². The number of carbonyl (C=O) groups is 2. The van der Waals surface area contributed by atoms with Crippen LogP contribution in [0.5, 0.6) is 0 Å². The van der Waals surface area contributed by atoms with Gasteiger partial charge in [-0.15, -0.1) is 0 Å². The molecule has 1 N–H and O–H groups in total. The van der Waals surface area contributed by atoms with E-state index in [-0.39, 0.29) is 19.0 Å². The lowest BCUT2D eigenvalue weighted by Crippen LogP contribution is -2.29. The van der Waals surface area contributed by atoms with Crippen molar-refractivity contribution >= 4 is 19.8 Å². The number of phosphoric acid groups is 1. The van der Waals surface area contributed by atoms with E-state index in [0.717, 1.165) is 71.3 Å². The van der Waals surface area contributed by atoms with Crippen molar-refractivity contribution in [2.45, 2.75) is 193 Å². The molecule has 0 bridgehead atoms. The summed E-state index contributed by atoms with van der Waals surface area (Å²) in [4.78, 5) is 34.4. The smallest absolute Gasteiger partial charge is 0.462 e. The van der Waals surface area contributed by atoms with Gasteiger partial charge in [-0.1, -0.05) is 159 Å². The number of ether oxygens (including phenoxy) is 2. The molecule has 0 aromatic heterocycles. The van der Waals surface area contributed by atoms with Crippen LogP contribution in [0.4, 0.5) is 0 Å². The van der Waals surface area contributed by atoms with Gasteiger partial charge in [0, 0.05) is 20.0 Å². The molecule has 9 heteroatoms. The molecule has 0 fully saturated rings. The highest BCUT2D eigenvalue weighted by molar-refractivity contribution is 7.47. The maximum Gasteiger partial charge on any atom is 0.472 e. The highest BCUT2D eigenvalue weighted by Crippen LogP contribution is 2.42. The fraction of sp³-hybridized carbons (Fsp3) is 0.805. The van der Waals surface area contributed by atoms with Gasteiger partial charge in [-0.3, -0.25) is 18.6 Å². The van der Waals surface area contributed by atoms with Crippen molar-refractivity contribution in [3.63, 3.8) is 0 Å². The SMILES string of the molecule is CCCCC/C=C\C/C=C\C/C=C\CCCCCCCCC(=O)OC(COC(=O)CCCCCCCCCCCCCC)COP(=O)(O)OC. The van der Waals surface area contributed by atoms with Crippen LogP contribution in [0.2, 0.25) is 0 Å². The third-order valence-electron chi connectivity index (χ3n) is 8.64. The summed E-state index contributed by atoms with van der Waals surface area (Å²) in [6.07, 6.45) is 41.9. The minimum absolute atomic E-state index is 0.228. The largest absolute Gasteiger partial charge is 0.472 e. The first-order valence-corrected chi connectivity index (χ1v) is 21.7. The molecule has 2 unspecified atom stereocenters. The van der Waals surface area contributed by atoms with Crippen LogP contribution in [0.3, 0.4) is 0 Å². The average Bonchev–Trinajstić information content (AvgIpc) is 3.10. The third kappa shape index (κ3) is 36.1. The first-order chi connectivity index (χ1) is 24.3. The number of hydrogen-bond donors (Lipinski definition) is 1. The van der Waals surface area contributed by atoms with E-state index in [1.54, 1.807) is 0 Å². The summed E-state index contributed by atoms with van der Waals surface area (Å²) in [6, 6.07) is 0. The first kappa shape index (κ1) is 48.3. The number of hydrogen-bond acceptors (Lipinski definition) is 7. The number of unbranched alkanes of at least 4 members (excludes halogenated alkanes) is 20. The van der Waals surface area contributed by atoms with Gasteiger partial charge in [-0.25, -0.2) is 4.57 Å². The van der Waals surface area contributed by atoms with Gasteiger partial charge < -0.3 is 14.4 Å².